The standard InChI is InChI=1S/C22H20F3NO3.ClH/c23-22(24,25)29-19-9-5-4-8-18(19)17-10-11-20(27-13-12-26)21(14-17)28-15-16-6-2-1-3-7-16;/h1-11,14H,12-13,15,26H2;1H. The predicted octanol–water partition coefficient (Wildman–Crippen LogP) is 5.59. The van der Waals surface area contributed by atoms with E-state index >= 15 is 0 Å². The predicted molar refractivity (Wildman–Crippen MR) is 111 cm³/mol. The highest BCUT2D eigenvalue weighted by Crippen LogP contribution is 2.38. The smallest absolute Gasteiger partial charge is 0.488 e. The number of para-hydroxylation sites is 1. The summed E-state index contributed by atoms with van der Waals surface area (Å²) in [5.74, 6) is 0.579. The number of hydrogen-bond acceptors (Lipinski definition) is 4. The molecular weight excluding hydrogens is 419 g/mol. The maximum absolute atomic E-state index is 12.7. The van der Waals surface area contributed by atoms with Crippen LogP contribution in [0.4, 0.5) is 13.2 Å². The van der Waals surface area contributed by atoms with Gasteiger partial charge in [0.1, 0.15) is 19.0 Å². The van der Waals surface area contributed by atoms with E-state index in [2.05, 4.69) is 4.74 Å². The fraction of sp³-hybridized carbons (Fsp3) is 0.182. The van der Waals surface area contributed by atoms with Crippen LogP contribution in [0.5, 0.6) is 17.2 Å². The van der Waals surface area contributed by atoms with Crippen molar-refractivity contribution < 1.29 is 27.4 Å². The van der Waals surface area contributed by atoms with Crippen molar-refractivity contribution in [2.45, 2.75) is 13.0 Å². The largest absolute Gasteiger partial charge is 0.573 e. The molecule has 30 heavy (non-hydrogen) atoms. The van der Waals surface area contributed by atoms with E-state index in [4.69, 9.17) is 15.2 Å². The van der Waals surface area contributed by atoms with Gasteiger partial charge < -0.3 is 19.9 Å². The van der Waals surface area contributed by atoms with Crippen LogP contribution < -0.4 is 19.9 Å². The van der Waals surface area contributed by atoms with Crippen LogP contribution in [0.25, 0.3) is 11.1 Å². The average Bonchev–Trinajstić information content (AvgIpc) is 2.71. The summed E-state index contributed by atoms with van der Waals surface area (Å²) < 4.78 is 53.9. The molecule has 0 aliphatic heterocycles. The Bertz CT molecular complexity index is 936. The number of benzene rings is 3. The molecule has 0 saturated carbocycles. The normalized spacial score (nSPS) is 10.8. The van der Waals surface area contributed by atoms with E-state index in [-0.39, 0.29) is 31.4 Å². The number of ether oxygens (including phenoxy) is 3. The van der Waals surface area contributed by atoms with Crippen LogP contribution in [-0.4, -0.2) is 19.5 Å². The molecule has 0 aromatic heterocycles. The van der Waals surface area contributed by atoms with Crippen molar-refractivity contribution in [1.29, 1.82) is 0 Å². The summed E-state index contributed by atoms with van der Waals surface area (Å²) in [5.41, 5.74) is 7.25. The molecule has 0 aliphatic carbocycles. The van der Waals surface area contributed by atoms with Crippen LogP contribution in [0, 0.1) is 0 Å². The molecule has 4 nitrogen and oxygen atoms in total. The van der Waals surface area contributed by atoms with Crippen LogP contribution in [0.1, 0.15) is 5.56 Å². The third-order valence-corrected chi connectivity index (χ3v) is 3.98. The van der Waals surface area contributed by atoms with Gasteiger partial charge in [-0.1, -0.05) is 54.6 Å². The van der Waals surface area contributed by atoms with Crippen LogP contribution in [0.2, 0.25) is 0 Å². The lowest BCUT2D eigenvalue weighted by Gasteiger charge is -2.16. The molecule has 0 heterocycles. The summed E-state index contributed by atoms with van der Waals surface area (Å²) in [4.78, 5) is 0. The highest BCUT2D eigenvalue weighted by Gasteiger charge is 2.32. The molecule has 0 spiro atoms. The van der Waals surface area contributed by atoms with Crippen molar-refractivity contribution in [2.24, 2.45) is 5.73 Å². The van der Waals surface area contributed by atoms with Gasteiger partial charge in [-0.25, -0.2) is 0 Å². The Morgan fingerprint density at radius 3 is 2.17 bits per heavy atom. The fourth-order valence-electron chi connectivity index (χ4n) is 2.73. The maximum atomic E-state index is 12.7. The Labute approximate surface area is 178 Å². The quantitative estimate of drug-likeness (QED) is 0.497. The highest BCUT2D eigenvalue weighted by molar-refractivity contribution is 5.85. The van der Waals surface area contributed by atoms with Gasteiger partial charge in [0, 0.05) is 12.1 Å². The number of rotatable bonds is 8. The Morgan fingerprint density at radius 2 is 1.47 bits per heavy atom. The zero-order chi connectivity index (χ0) is 20.7. The van der Waals surface area contributed by atoms with Crippen molar-refractivity contribution in [3.8, 4) is 28.4 Å². The van der Waals surface area contributed by atoms with E-state index in [1.54, 1.807) is 30.3 Å². The summed E-state index contributed by atoms with van der Waals surface area (Å²) in [6.07, 6.45) is -4.78. The monoisotopic (exact) mass is 439 g/mol. The molecule has 8 heteroatoms. The molecule has 2 N–H and O–H groups in total. The maximum Gasteiger partial charge on any atom is 0.573 e. The lowest BCUT2D eigenvalue weighted by molar-refractivity contribution is -0.274. The molecule has 0 amide bonds. The molecule has 3 aromatic carbocycles. The SMILES string of the molecule is Cl.NCCOc1ccc(-c2ccccc2OC(F)(F)F)cc1OCc1ccccc1. The van der Waals surface area contributed by atoms with Gasteiger partial charge in [0.25, 0.3) is 0 Å². The first-order valence-corrected chi connectivity index (χ1v) is 8.95. The van der Waals surface area contributed by atoms with Crippen LogP contribution >= 0.6 is 12.4 Å². The third kappa shape index (κ3) is 6.57. The summed E-state index contributed by atoms with van der Waals surface area (Å²) in [7, 11) is 0. The Kier molecular flexibility index (Phi) is 8.38. The first-order chi connectivity index (χ1) is 14.0. The number of alkyl halides is 3. The van der Waals surface area contributed by atoms with Crippen molar-refractivity contribution in [1.82, 2.24) is 0 Å². The molecule has 3 aromatic rings. The molecule has 0 fully saturated rings. The molecule has 0 saturated heterocycles. The van der Waals surface area contributed by atoms with E-state index in [1.807, 2.05) is 30.3 Å². The van der Waals surface area contributed by atoms with Gasteiger partial charge in [0.15, 0.2) is 11.5 Å². The number of hydrogen-bond donors (Lipinski definition) is 1. The van der Waals surface area contributed by atoms with Crippen molar-refractivity contribution in [3.63, 3.8) is 0 Å². The fourth-order valence-corrected chi connectivity index (χ4v) is 2.73. The van der Waals surface area contributed by atoms with Gasteiger partial charge in [-0.3, -0.25) is 0 Å². The van der Waals surface area contributed by atoms with E-state index < -0.39 is 6.36 Å². The lowest BCUT2D eigenvalue weighted by Crippen LogP contribution is -2.17. The second-order valence-corrected chi connectivity index (χ2v) is 6.12. The molecule has 160 valence electrons. The Morgan fingerprint density at radius 1 is 0.767 bits per heavy atom. The van der Waals surface area contributed by atoms with Gasteiger partial charge in [-0.15, -0.1) is 25.6 Å². The van der Waals surface area contributed by atoms with E-state index in [9.17, 15) is 13.2 Å². The molecule has 0 aliphatic rings. The molecule has 0 unspecified atom stereocenters. The second kappa shape index (κ2) is 10.8. The zero-order valence-corrected chi connectivity index (χ0v) is 16.7. The third-order valence-electron chi connectivity index (χ3n) is 3.98. The minimum absolute atomic E-state index is 0. The highest BCUT2D eigenvalue weighted by atomic mass is 35.5. The summed E-state index contributed by atoms with van der Waals surface area (Å²) >= 11 is 0. The Balaban J connectivity index is 0.00000320. The van der Waals surface area contributed by atoms with E-state index in [0.717, 1.165) is 5.56 Å². The second-order valence-electron chi connectivity index (χ2n) is 6.12. The first kappa shape index (κ1) is 23.4. The van der Waals surface area contributed by atoms with Gasteiger partial charge >= 0.3 is 6.36 Å². The Hall–Kier alpha value is -2.90. The molecule has 3 rings (SSSR count). The van der Waals surface area contributed by atoms with Crippen LogP contribution in [-0.2, 0) is 6.61 Å². The van der Waals surface area contributed by atoms with Crippen molar-refractivity contribution in [3.05, 3.63) is 78.4 Å². The summed E-state index contributed by atoms with van der Waals surface area (Å²) in [5, 5.41) is 0. The molecule has 0 atom stereocenters. The summed E-state index contributed by atoms with van der Waals surface area (Å²) in [6, 6.07) is 20.4. The van der Waals surface area contributed by atoms with Gasteiger partial charge in [-0.05, 0) is 29.3 Å². The number of halogens is 4. The van der Waals surface area contributed by atoms with Crippen LogP contribution in [0.3, 0.4) is 0 Å². The molecular formula is C22H21ClF3NO3. The number of nitrogens with two attached hydrogens (primary N) is 1. The first-order valence-electron chi connectivity index (χ1n) is 8.95. The molecule has 0 radical (unpaired) electrons. The van der Waals surface area contributed by atoms with Gasteiger partial charge in [0.2, 0.25) is 0 Å². The van der Waals surface area contributed by atoms with Gasteiger partial charge in [-0.2, -0.15) is 0 Å². The zero-order valence-electron chi connectivity index (χ0n) is 15.9. The van der Waals surface area contributed by atoms with Crippen molar-refractivity contribution >= 4 is 12.4 Å². The topological polar surface area (TPSA) is 53.7 Å². The van der Waals surface area contributed by atoms with Crippen LogP contribution in [0.15, 0.2) is 72.8 Å². The van der Waals surface area contributed by atoms with E-state index in [1.165, 1.54) is 12.1 Å². The van der Waals surface area contributed by atoms with Gasteiger partial charge in [0.05, 0.1) is 0 Å². The minimum atomic E-state index is -4.78. The minimum Gasteiger partial charge on any atom is -0.488 e. The summed E-state index contributed by atoms with van der Waals surface area (Å²) in [6.45, 7) is 0.890. The van der Waals surface area contributed by atoms with E-state index in [0.29, 0.717) is 29.2 Å². The molecule has 0 bridgehead atoms. The average molecular weight is 440 g/mol. The lowest BCUT2D eigenvalue weighted by atomic mass is 10.0. The van der Waals surface area contributed by atoms with Crippen molar-refractivity contribution in [2.75, 3.05) is 13.2 Å².